The molecular formula is C19H23N3O2S. The lowest BCUT2D eigenvalue weighted by Crippen LogP contribution is -2.41. The van der Waals surface area contributed by atoms with E-state index in [-0.39, 0.29) is 17.5 Å². The first kappa shape index (κ1) is 17.6. The number of nitrogens with one attached hydrogen (secondary N) is 1. The van der Waals surface area contributed by atoms with E-state index in [1.165, 1.54) is 4.68 Å². The van der Waals surface area contributed by atoms with Gasteiger partial charge in [-0.3, -0.25) is 9.59 Å². The minimum atomic E-state index is -0.594. The van der Waals surface area contributed by atoms with E-state index < -0.39 is 6.04 Å². The largest absolute Gasteiger partial charge is 0.352 e. The summed E-state index contributed by atoms with van der Waals surface area (Å²) >= 11 is 1.58. The summed E-state index contributed by atoms with van der Waals surface area (Å²) in [4.78, 5) is 25.8. The minimum absolute atomic E-state index is 0.0732. The molecule has 25 heavy (non-hydrogen) atoms. The molecule has 2 aromatic heterocycles. The number of carbonyl (C=O) groups excluding carboxylic acids is 1. The molecular weight excluding hydrogens is 334 g/mol. The molecule has 132 valence electrons. The minimum Gasteiger partial charge on any atom is -0.352 e. The summed E-state index contributed by atoms with van der Waals surface area (Å²) in [5.74, 6) is -0.148. The Labute approximate surface area is 150 Å². The topological polar surface area (TPSA) is 64.0 Å². The predicted octanol–water partition coefficient (Wildman–Crippen LogP) is 3.79. The van der Waals surface area contributed by atoms with Gasteiger partial charge in [0, 0.05) is 16.1 Å². The number of fused-ring (bicyclic) bond motifs is 3. The fourth-order valence-electron chi connectivity index (χ4n) is 3.00. The normalized spacial score (nSPS) is 13.9. The molecule has 0 unspecified atom stereocenters. The third-order valence-electron chi connectivity index (χ3n) is 4.59. The van der Waals surface area contributed by atoms with Gasteiger partial charge in [0.2, 0.25) is 5.91 Å². The van der Waals surface area contributed by atoms with Crippen LogP contribution >= 0.6 is 11.3 Å². The molecule has 6 heteroatoms. The summed E-state index contributed by atoms with van der Waals surface area (Å²) in [6.45, 7) is 7.78. The Balaban J connectivity index is 2.19. The summed E-state index contributed by atoms with van der Waals surface area (Å²) in [7, 11) is 0. The molecule has 2 atom stereocenters. The maximum absolute atomic E-state index is 13.1. The second kappa shape index (κ2) is 6.96. The van der Waals surface area contributed by atoms with E-state index in [1.807, 2.05) is 52.0 Å². The van der Waals surface area contributed by atoms with E-state index in [0.717, 1.165) is 26.9 Å². The summed E-state index contributed by atoms with van der Waals surface area (Å²) < 4.78 is 3.34. The van der Waals surface area contributed by atoms with Crippen LogP contribution in [-0.2, 0) is 4.79 Å². The number of carbonyl (C=O) groups is 1. The van der Waals surface area contributed by atoms with Gasteiger partial charge in [0.05, 0.1) is 15.8 Å². The zero-order valence-electron chi connectivity index (χ0n) is 15.0. The molecule has 0 bridgehead atoms. The summed E-state index contributed by atoms with van der Waals surface area (Å²) in [6, 6.07) is 7.34. The van der Waals surface area contributed by atoms with Crippen molar-refractivity contribution < 1.29 is 4.79 Å². The molecule has 0 spiro atoms. The van der Waals surface area contributed by atoms with Crippen molar-refractivity contribution in [2.24, 2.45) is 0 Å². The van der Waals surface area contributed by atoms with Crippen molar-refractivity contribution in [1.29, 1.82) is 0 Å². The van der Waals surface area contributed by atoms with Gasteiger partial charge in [0.1, 0.15) is 6.04 Å². The molecule has 0 aliphatic rings. The average molecular weight is 357 g/mol. The van der Waals surface area contributed by atoms with Crippen LogP contribution in [0, 0.1) is 6.92 Å². The second-order valence-electron chi connectivity index (χ2n) is 6.38. The van der Waals surface area contributed by atoms with Crippen LogP contribution < -0.4 is 10.9 Å². The van der Waals surface area contributed by atoms with Crippen LogP contribution in [0.5, 0.6) is 0 Å². The molecule has 0 aliphatic heterocycles. The lowest BCUT2D eigenvalue weighted by Gasteiger charge is -2.20. The highest BCUT2D eigenvalue weighted by Gasteiger charge is 2.24. The van der Waals surface area contributed by atoms with Crippen molar-refractivity contribution in [2.45, 2.75) is 52.6 Å². The molecule has 0 radical (unpaired) electrons. The molecule has 0 saturated heterocycles. The molecule has 2 heterocycles. The Morgan fingerprint density at radius 2 is 2.00 bits per heavy atom. The number of benzene rings is 1. The monoisotopic (exact) mass is 357 g/mol. The SMILES string of the molecule is CC[C@@H](C)NC(=O)[C@H](CC)n1nc(C)c2sc3ccccc3c2c1=O. The number of thiophene rings is 1. The highest BCUT2D eigenvalue weighted by Crippen LogP contribution is 2.33. The van der Waals surface area contributed by atoms with Crippen LogP contribution in [0.2, 0.25) is 0 Å². The molecule has 1 aromatic carbocycles. The molecule has 1 amide bonds. The third-order valence-corrected chi connectivity index (χ3v) is 5.87. The smallest absolute Gasteiger partial charge is 0.276 e. The van der Waals surface area contributed by atoms with Gasteiger partial charge in [-0.15, -0.1) is 11.3 Å². The van der Waals surface area contributed by atoms with Crippen LogP contribution in [0.25, 0.3) is 20.2 Å². The van der Waals surface area contributed by atoms with Gasteiger partial charge in [-0.25, -0.2) is 4.68 Å². The second-order valence-corrected chi connectivity index (χ2v) is 7.43. The Bertz CT molecular complexity index is 989. The molecule has 3 rings (SSSR count). The number of aryl methyl sites for hydroxylation is 1. The molecule has 5 nitrogen and oxygen atoms in total. The standard InChI is InChI=1S/C19H23N3O2S/c1-5-11(3)20-18(23)14(6-2)22-19(24)16-13-9-7-8-10-15(13)25-17(16)12(4)21-22/h7-11,14H,5-6H2,1-4H3,(H,20,23)/t11-,14+/m1/s1. The van der Waals surface area contributed by atoms with E-state index in [2.05, 4.69) is 10.4 Å². The zero-order chi connectivity index (χ0) is 18.1. The number of aromatic nitrogens is 2. The van der Waals surface area contributed by atoms with Gasteiger partial charge in [-0.2, -0.15) is 5.10 Å². The van der Waals surface area contributed by atoms with Crippen LogP contribution in [-0.4, -0.2) is 21.7 Å². The predicted molar refractivity (Wildman–Crippen MR) is 103 cm³/mol. The van der Waals surface area contributed by atoms with Crippen LogP contribution in [0.4, 0.5) is 0 Å². The van der Waals surface area contributed by atoms with Gasteiger partial charge in [0.25, 0.3) is 5.56 Å². The summed E-state index contributed by atoms with van der Waals surface area (Å²) in [5.41, 5.74) is 0.592. The lowest BCUT2D eigenvalue weighted by molar-refractivity contribution is -0.125. The van der Waals surface area contributed by atoms with Crippen LogP contribution in [0.1, 0.15) is 45.3 Å². The number of hydrogen-bond acceptors (Lipinski definition) is 4. The molecule has 1 N–H and O–H groups in total. The third kappa shape index (κ3) is 3.06. The quantitative estimate of drug-likeness (QED) is 0.756. The summed E-state index contributed by atoms with van der Waals surface area (Å²) in [6.07, 6.45) is 1.36. The van der Waals surface area contributed by atoms with Gasteiger partial charge in [-0.05, 0) is 32.8 Å². The van der Waals surface area contributed by atoms with E-state index in [1.54, 1.807) is 11.3 Å². The average Bonchev–Trinajstić information content (AvgIpc) is 3.00. The number of nitrogens with zero attached hydrogens (tertiary/aromatic N) is 2. The molecule has 0 aliphatic carbocycles. The van der Waals surface area contributed by atoms with Crippen molar-refractivity contribution in [3.8, 4) is 0 Å². The van der Waals surface area contributed by atoms with Gasteiger partial charge < -0.3 is 5.32 Å². The Hall–Kier alpha value is -2.21. The first-order valence-corrected chi connectivity index (χ1v) is 9.50. The molecule has 3 aromatic rings. The maximum atomic E-state index is 13.1. The Morgan fingerprint density at radius 3 is 2.68 bits per heavy atom. The van der Waals surface area contributed by atoms with E-state index in [0.29, 0.717) is 11.8 Å². The van der Waals surface area contributed by atoms with Crippen LogP contribution in [0.3, 0.4) is 0 Å². The van der Waals surface area contributed by atoms with Crippen molar-refractivity contribution in [3.63, 3.8) is 0 Å². The highest BCUT2D eigenvalue weighted by molar-refractivity contribution is 7.26. The Morgan fingerprint density at radius 1 is 1.28 bits per heavy atom. The molecule has 0 fully saturated rings. The number of amides is 1. The Kier molecular flexibility index (Phi) is 4.90. The highest BCUT2D eigenvalue weighted by atomic mass is 32.1. The fourth-order valence-corrected chi connectivity index (χ4v) is 4.14. The van der Waals surface area contributed by atoms with Crippen molar-refractivity contribution in [2.75, 3.05) is 0 Å². The van der Waals surface area contributed by atoms with E-state index in [4.69, 9.17) is 0 Å². The van der Waals surface area contributed by atoms with Crippen molar-refractivity contribution in [1.82, 2.24) is 15.1 Å². The van der Waals surface area contributed by atoms with Gasteiger partial charge in [-0.1, -0.05) is 32.0 Å². The maximum Gasteiger partial charge on any atom is 0.276 e. The van der Waals surface area contributed by atoms with Crippen molar-refractivity contribution >= 4 is 37.4 Å². The first-order valence-electron chi connectivity index (χ1n) is 8.68. The number of hydrogen-bond donors (Lipinski definition) is 1. The first-order chi connectivity index (χ1) is 12.0. The molecule has 0 saturated carbocycles. The number of rotatable bonds is 5. The van der Waals surface area contributed by atoms with Gasteiger partial charge >= 0.3 is 0 Å². The van der Waals surface area contributed by atoms with Crippen molar-refractivity contribution in [3.05, 3.63) is 40.3 Å². The van der Waals surface area contributed by atoms with Gasteiger partial charge in [0.15, 0.2) is 0 Å². The van der Waals surface area contributed by atoms with E-state index >= 15 is 0 Å². The fraction of sp³-hybridized carbons (Fsp3) is 0.421. The lowest BCUT2D eigenvalue weighted by atomic mass is 10.1. The van der Waals surface area contributed by atoms with Crippen LogP contribution in [0.15, 0.2) is 29.1 Å². The van der Waals surface area contributed by atoms with E-state index in [9.17, 15) is 9.59 Å². The zero-order valence-corrected chi connectivity index (χ0v) is 15.8. The summed E-state index contributed by atoms with van der Waals surface area (Å²) in [5, 5.41) is 9.05.